The average Bonchev–Trinajstić information content (AvgIpc) is 3.49. The number of hydrogen-bond donors (Lipinski definition) is 3. The van der Waals surface area contributed by atoms with Crippen molar-refractivity contribution in [3.05, 3.63) is 36.9 Å². The normalized spacial score (nSPS) is 15.6. The molecule has 0 radical (unpaired) electrons. The third-order valence-corrected chi connectivity index (χ3v) is 6.68. The maximum Gasteiger partial charge on any atom is 0.256 e. The van der Waals surface area contributed by atoms with Crippen molar-refractivity contribution >= 4 is 34.3 Å². The summed E-state index contributed by atoms with van der Waals surface area (Å²) in [5, 5.41) is 11.4. The fourth-order valence-electron chi connectivity index (χ4n) is 4.70. The van der Waals surface area contributed by atoms with E-state index in [0.29, 0.717) is 23.3 Å². The van der Waals surface area contributed by atoms with E-state index in [2.05, 4.69) is 47.5 Å². The van der Waals surface area contributed by atoms with Crippen LogP contribution in [0.1, 0.15) is 13.3 Å². The summed E-state index contributed by atoms with van der Waals surface area (Å²) >= 11 is 0. The van der Waals surface area contributed by atoms with Crippen LogP contribution in [0.2, 0.25) is 0 Å². The van der Waals surface area contributed by atoms with Crippen molar-refractivity contribution in [3.8, 4) is 17.1 Å². The fraction of sp³-hybridized carbons (Fsp3) is 0.400. The van der Waals surface area contributed by atoms with E-state index in [-0.39, 0.29) is 11.9 Å². The van der Waals surface area contributed by atoms with Crippen molar-refractivity contribution in [3.63, 3.8) is 0 Å². The molecule has 0 aromatic carbocycles. The number of fused-ring (bicyclic) bond motifs is 1. The van der Waals surface area contributed by atoms with Gasteiger partial charge >= 0.3 is 0 Å². The summed E-state index contributed by atoms with van der Waals surface area (Å²) in [6, 6.07) is 3.56. The van der Waals surface area contributed by atoms with Gasteiger partial charge in [-0.3, -0.25) is 14.4 Å². The molecular weight excluding hydrogens is 472 g/mol. The highest BCUT2D eigenvalue weighted by molar-refractivity contribution is 6.05. The molecule has 1 aliphatic rings. The highest BCUT2D eigenvalue weighted by Crippen LogP contribution is 2.31. The number of hydrogen-bond acceptors (Lipinski definition) is 9. The van der Waals surface area contributed by atoms with Crippen LogP contribution >= 0.6 is 0 Å². The Kier molecular flexibility index (Phi) is 7.01. The quantitative estimate of drug-likeness (QED) is 0.331. The van der Waals surface area contributed by atoms with Crippen LogP contribution in [0, 0.1) is 0 Å². The topological polar surface area (TPSA) is 129 Å². The Morgan fingerprint density at radius 2 is 1.95 bits per heavy atom. The molecule has 37 heavy (non-hydrogen) atoms. The number of aromatic amines is 1. The number of aryl methyl sites for hydroxylation is 1. The Morgan fingerprint density at radius 1 is 1.16 bits per heavy atom. The molecule has 1 unspecified atom stereocenters. The van der Waals surface area contributed by atoms with Crippen molar-refractivity contribution in [2.45, 2.75) is 19.4 Å². The molecule has 12 nitrogen and oxygen atoms in total. The molecule has 4 aromatic rings. The van der Waals surface area contributed by atoms with Crippen LogP contribution in [-0.4, -0.2) is 91.8 Å². The van der Waals surface area contributed by atoms with Crippen molar-refractivity contribution < 1.29 is 9.53 Å². The Balaban J connectivity index is 1.38. The first kappa shape index (κ1) is 24.7. The van der Waals surface area contributed by atoms with E-state index in [1.807, 2.05) is 32.3 Å². The summed E-state index contributed by atoms with van der Waals surface area (Å²) in [5.74, 6) is 1.34. The standard InChI is InChI=1S/C25H32N10O2/c1-5-20(35-12-10-33(2)11-13-35)23(36)31-22-21-16(6-8-26-22)17(14-28-21)18-7-9-27-25(29-18)30-19-15-34(3)32-24(19)37-4/h6-9,14-15,20,28H,5,10-13H2,1-4H3,(H,26,31,36)(H,27,29,30). The number of H-pyrrole nitrogens is 1. The predicted molar refractivity (Wildman–Crippen MR) is 142 cm³/mol. The molecule has 4 aromatic heterocycles. The number of amides is 1. The van der Waals surface area contributed by atoms with Crippen LogP contribution in [0.4, 0.5) is 17.5 Å². The smallest absolute Gasteiger partial charge is 0.256 e. The number of likely N-dealkylation sites (N-methyl/N-ethyl adjacent to an activating group) is 1. The Morgan fingerprint density at radius 3 is 2.70 bits per heavy atom. The lowest BCUT2D eigenvalue weighted by molar-refractivity contribution is -0.122. The first-order chi connectivity index (χ1) is 18.0. The fourth-order valence-corrected chi connectivity index (χ4v) is 4.70. The van der Waals surface area contributed by atoms with Crippen LogP contribution < -0.4 is 15.4 Å². The molecule has 5 rings (SSSR count). The van der Waals surface area contributed by atoms with Gasteiger partial charge in [0.15, 0.2) is 5.82 Å². The van der Waals surface area contributed by atoms with Crippen molar-refractivity contribution in [1.29, 1.82) is 0 Å². The van der Waals surface area contributed by atoms with Crippen LogP contribution in [0.5, 0.6) is 5.88 Å². The SMILES string of the molecule is CCC(C(=O)Nc1nccc2c(-c3ccnc(Nc4cn(C)nc4OC)n3)c[nH]c12)N1CCN(C)CC1. The summed E-state index contributed by atoms with van der Waals surface area (Å²) in [6.07, 6.45) is 7.80. The van der Waals surface area contributed by atoms with Gasteiger partial charge in [0.2, 0.25) is 11.9 Å². The molecule has 1 aliphatic heterocycles. The van der Waals surface area contributed by atoms with Crippen LogP contribution in [0.15, 0.2) is 36.9 Å². The minimum absolute atomic E-state index is 0.0397. The Hall–Kier alpha value is -4.03. The summed E-state index contributed by atoms with van der Waals surface area (Å²) < 4.78 is 6.96. The van der Waals surface area contributed by atoms with Gasteiger partial charge in [-0.2, -0.15) is 0 Å². The Bertz CT molecular complexity index is 1390. The second-order valence-electron chi connectivity index (χ2n) is 9.15. The second-order valence-corrected chi connectivity index (χ2v) is 9.15. The highest BCUT2D eigenvalue weighted by Gasteiger charge is 2.27. The van der Waals surface area contributed by atoms with E-state index in [1.54, 1.807) is 30.4 Å². The van der Waals surface area contributed by atoms with Gasteiger partial charge in [-0.15, -0.1) is 5.10 Å². The molecule has 1 fully saturated rings. The number of methoxy groups -OCH3 is 1. The first-order valence-electron chi connectivity index (χ1n) is 12.3. The van der Waals surface area contributed by atoms with Crippen molar-refractivity contribution in [2.75, 3.05) is 51.0 Å². The van der Waals surface area contributed by atoms with E-state index in [0.717, 1.165) is 54.8 Å². The van der Waals surface area contributed by atoms with E-state index in [4.69, 9.17) is 9.72 Å². The zero-order chi connectivity index (χ0) is 25.9. The van der Waals surface area contributed by atoms with Gasteiger partial charge < -0.3 is 25.3 Å². The molecule has 12 heteroatoms. The number of piperazine rings is 1. The van der Waals surface area contributed by atoms with Crippen LogP contribution in [-0.2, 0) is 11.8 Å². The minimum atomic E-state index is -0.194. The number of nitrogens with one attached hydrogen (secondary N) is 3. The second kappa shape index (κ2) is 10.5. The number of carbonyl (C=O) groups is 1. The summed E-state index contributed by atoms with van der Waals surface area (Å²) in [5.41, 5.74) is 3.02. The lowest BCUT2D eigenvalue weighted by Crippen LogP contribution is -2.52. The number of rotatable bonds is 8. The van der Waals surface area contributed by atoms with Gasteiger partial charge in [0.25, 0.3) is 5.88 Å². The predicted octanol–water partition coefficient (Wildman–Crippen LogP) is 2.47. The Labute approximate surface area is 215 Å². The van der Waals surface area contributed by atoms with Crippen molar-refractivity contribution in [2.24, 2.45) is 7.05 Å². The number of pyridine rings is 1. The maximum atomic E-state index is 13.3. The lowest BCUT2D eigenvalue weighted by atomic mass is 10.1. The largest absolute Gasteiger partial charge is 0.478 e. The van der Waals surface area contributed by atoms with Crippen LogP contribution in [0.25, 0.3) is 22.2 Å². The molecule has 0 saturated carbocycles. The molecule has 3 N–H and O–H groups in total. The monoisotopic (exact) mass is 504 g/mol. The summed E-state index contributed by atoms with van der Waals surface area (Å²) in [6.45, 7) is 5.72. The highest BCUT2D eigenvalue weighted by atomic mass is 16.5. The van der Waals surface area contributed by atoms with Gasteiger partial charge in [0.1, 0.15) is 5.69 Å². The van der Waals surface area contributed by atoms with Gasteiger partial charge in [-0.05, 0) is 25.6 Å². The molecule has 1 atom stereocenters. The number of aromatic nitrogens is 6. The minimum Gasteiger partial charge on any atom is -0.478 e. The molecule has 0 spiro atoms. The van der Waals surface area contributed by atoms with Gasteiger partial charge in [0, 0.05) is 62.8 Å². The van der Waals surface area contributed by atoms with Gasteiger partial charge in [-0.1, -0.05) is 6.92 Å². The molecule has 1 amide bonds. The van der Waals surface area contributed by atoms with Crippen LogP contribution in [0.3, 0.4) is 0 Å². The summed E-state index contributed by atoms with van der Waals surface area (Å²) in [7, 11) is 5.49. The number of nitrogens with zero attached hydrogens (tertiary/aromatic N) is 7. The maximum absolute atomic E-state index is 13.3. The van der Waals surface area contributed by atoms with E-state index >= 15 is 0 Å². The number of anilines is 3. The molecule has 1 saturated heterocycles. The number of ether oxygens (including phenoxy) is 1. The van der Waals surface area contributed by atoms with Gasteiger partial charge in [0.05, 0.1) is 30.6 Å². The zero-order valence-corrected chi connectivity index (χ0v) is 21.5. The molecule has 5 heterocycles. The molecular formula is C25H32N10O2. The molecule has 0 aliphatic carbocycles. The van der Waals surface area contributed by atoms with Crippen molar-refractivity contribution in [1.82, 2.24) is 39.5 Å². The molecule has 194 valence electrons. The summed E-state index contributed by atoms with van der Waals surface area (Å²) in [4.78, 5) is 34.6. The molecule has 0 bridgehead atoms. The van der Waals surface area contributed by atoms with Gasteiger partial charge in [-0.25, -0.2) is 15.0 Å². The average molecular weight is 505 g/mol. The third kappa shape index (κ3) is 5.11. The first-order valence-corrected chi connectivity index (χ1v) is 12.3. The lowest BCUT2D eigenvalue weighted by Gasteiger charge is -2.36. The van der Waals surface area contributed by atoms with E-state index < -0.39 is 0 Å². The number of carbonyl (C=O) groups excluding carboxylic acids is 1. The third-order valence-electron chi connectivity index (χ3n) is 6.68. The zero-order valence-electron chi connectivity index (χ0n) is 21.5. The van der Waals surface area contributed by atoms with E-state index in [1.165, 1.54) is 0 Å². The van der Waals surface area contributed by atoms with E-state index in [9.17, 15) is 4.79 Å².